The first kappa shape index (κ1) is 14.0. The molecule has 0 unspecified atom stereocenters. The van der Waals surface area contributed by atoms with Crippen molar-refractivity contribution in [2.24, 2.45) is 0 Å². The predicted molar refractivity (Wildman–Crippen MR) is 75.3 cm³/mol. The fourth-order valence-electron chi connectivity index (χ4n) is 1.59. The molecule has 0 saturated heterocycles. The highest BCUT2D eigenvalue weighted by Gasteiger charge is 2.11. The number of carbonyl (C=O) groups is 1. The summed E-state index contributed by atoms with van der Waals surface area (Å²) in [6.07, 6.45) is 0.684. The summed E-state index contributed by atoms with van der Waals surface area (Å²) in [5.41, 5.74) is 0.651. The normalized spacial score (nSPS) is 10.3. The van der Waals surface area contributed by atoms with Crippen molar-refractivity contribution < 1.29 is 13.9 Å². The van der Waals surface area contributed by atoms with Gasteiger partial charge in [0.25, 0.3) is 0 Å². The van der Waals surface area contributed by atoms with Crippen LogP contribution in [0.1, 0.15) is 15.9 Å². The Balaban J connectivity index is 2.26. The molecule has 2 rings (SSSR count). The summed E-state index contributed by atoms with van der Waals surface area (Å²) in [5.74, 6) is -0.0657. The molecule has 0 spiro atoms. The highest BCUT2D eigenvalue weighted by molar-refractivity contribution is 9.10. The van der Waals surface area contributed by atoms with Gasteiger partial charge >= 0.3 is 0 Å². The van der Waals surface area contributed by atoms with Gasteiger partial charge < -0.3 is 4.74 Å². The molecule has 0 heterocycles. The number of halogens is 3. The molecule has 0 aliphatic carbocycles. The number of rotatable bonds is 4. The molecule has 0 atom stereocenters. The number of benzene rings is 2. The van der Waals surface area contributed by atoms with E-state index in [1.54, 1.807) is 24.3 Å². The van der Waals surface area contributed by atoms with E-state index in [1.807, 2.05) is 0 Å². The summed E-state index contributed by atoms with van der Waals surface area (Å²) in [5, 5.41) is 0.291. The second-order valence-electron chi connectivity index (χ2n) is 3.76. The third kappa shape index (κ3) is 3.14. The van der Waals surface area contributed by atoms with Crippen LogP contribution >= 0.6 is 27.5 Å². The van der Waals surface area contributed by atoms with Crippen molar-refractivity contribution in [2.75, 3.05) is 0 Å². The Morgan fingerprint density at radius 3 is 2.68 bits per heavy atom. The van der Waals surface area contributed by atoms with E-state index in [-0.39, 0.29) is 12.2 Å². The summed E-state index contributed by atoms with van der Waals surface area (Å²) >= 11 is 9.20. The van der Waals surface area contributed by atoms with Crippen LogP contribution in [0, 0.1) is 5.82 Å². The van der Waals surface area contributed by atoms with Crippen LogP contribution in [0.5, 0.6) is 5.75 Å². The number of hydrogen-bond donors (Lipinski definition) is 0. The van der Waals surface area contributed by atoms with Crippen LogP contribution < -0.4 is 4.74 Å². The van der Waals surface area contributed by atoms with Gasteiger partial charge in [0, 0.05) is 5.56 Å². The molecule has 2 aromatic rings. The van der Waals surface area contributed by atoms with Crippen LogP contribution in [-0.4, -0.2) is 6.29 Å². The lowest BCUT2D eigenvalue weighted by Gasteiger charge is -2.11. The second kappa shape index (κ2) is 6.17. The van der Waals surface area contributed by atoms with Gasteiger partial charge in [0.15, 0.2) is 6.29 Å². The molecule has 0 saturated carbocycles. The van der Waals surface area contributed by atoms with Crippen LogP contribution in [0.2, 0.25) is 5.02 Å². The van der Waals surface area contributed by atoms with Crippen molar-refractivity contribution in [2.45, 2.75) is 6.61 Å². The SMILES string of the molecule is O=Cc1cccc(Br)c1OCc1c(F)cccc1Cl. The van der Waals surface area contributed by atoms with Gasteiger partial charge in [-0.2, -0.15) is 0 Å². The Bertz CT molecular complexity index is 596. The maximum Gasteiger partial charge on any atom is 0.153 e. The topological polar surface area (TPSA) is 26.3 Å². The number of ether oxygens (including phenoxy) is 1. The molecule has 19 heavy (non-hydrogen) atoms. The van der Waals surface area contributed by atoms with Gasteiger partial charge in [0.1, 0.15) is 18.2 Å². The van der Waals surface area contributed by atoms with Crippen LogP contribution in [0.25, 0.3) is 0 Å². The van der Waals surface area contributed by atoms with Crippen LogP contribution in [0.15, 0.2) is 40.9 Å². The molecule has 5 heteroatoms. The Morgan fingerprint density at radius 1 is 1.26 bits per heavy atom. The Hall–Kier alpha value is -1.39. The number of aldehydes is 1. The summed E-state index contributed by atoms with van der Waals surface area (Å²) in [7, 11) is 0. The van der Waals surface area contributed by atoms with Gasteiger partial charge in [-0.3, -0.25) is 4.79 Å². The lowest BCUT2D eigenvalue weighted by Crippen LogP contribution is -2.02. The lowest BCUT2D eigenvalue weighted by molar-refractivity contribution is 0.111. The molecule has 98 valence electrons. The van der Waals surface area contributed by atoms with Gasteiger partial charge in [0.2, 0.25) is 0 Å². The Morgan fingerprint density at radius 2 is 2.00 bits per heavy atom. The molecule has 0 aliphatic rings. The maximum atomic E-state index is 13.6. The molecule has 0 bridgehead atoms. The third-order valence-electron chi connectivity index (χ3n) is 2.55. The van der Waals surface area contributed by atoms with E-state index >= 15 is 0 Å². The summed E-state index contributed by atoms with van der Waals surface area (Å²) in [6.45, 7) is -0.0467. The molecule has 2 aromatic carbocycles. The first-order valence-electron chi connectivity index (χ1n) is 5.43. The highest BCUT2D eigenvalue weighted by Crippen LogP contribution is 2.30. The van der Waals surface area contributed by atoms with E-state index < -0.39 is 5.82 Å². The van der Waals surface area contributed by atoms with Crippen LogP contribution in [-0.2, 0) is 6.61 Å². The third-order valence-corrected chi connectivity index (χ3v) is 3.53. The fourth-order valence-corrected chi connectivity index (χ4v) is 2.30. The zero-order valence-corrected chi connectivity index (χ0v) is 12.0. The monoisotopic (exact) mass is 342 g/mol. The summed E-state index contributed by atoms with van der Waals surface area (Å²) in [6, 6.07) is 9.50. The van der Waals surface area contributed by atoms with E-state index in [2.05, 4.69) is 15.9 Å². The summed E-state index contributed by atoms with van der Waals surface area (Å²) in [4.78, 5) is 10.9. The second-order valence-corrected chi connectivity index (χ2v) is 5.03. The molecular weight excluding hydrogens is 335 g/mol. The molecule has 0 amide bonds. The number of hydrogen-bond acceptors (Lipinski definition) is 2. The van der Waals surface area contributed by atoms with Crippen LogP contribution in [0.3, 0.4) is 0 Å². The molecule has 2 nitrogen and oxygen atoms in total. The van der Waals surface area contributed by atoms with Crippen molar-refractivity contribution in [3.8, 4) is 5.75 Å². The zero-order valence-electron chi connectivity index (χ0n) is 9.70. The smallest absolute Gasteiger partial charge is 0.153 e. The van der Waals surface area contributed by atoms with Gasteiger partial charge in [0.05, 0.1) is 15.1 Å². The molecule has 0 radical (unpaired) electrons. The standard InChI is InChI=1S/C14H9BrClFO2/c15-11-4-1-3-9(7-18)14(11)19-8-10-12(16)5-2-6-13(10)17/h1-7H,8H2. The van der Waals surface area contributed by atoms with Gasteiger partial charge in [-0.05, 0) is 40.2 Å². The molecule has 0 aromatic heterocycles. The highest BCUT2D eigenvalue weighted by atomic mass is 79.9. The van der Waals surface area contributed by atoms with E-state index in [1.165, 1.54) is 12.1 Å². The number of carbonyl (C=O) groups excluding carboxylic acids is 1. The van der Waals surface area contributed by atoms with Crippen molar-refractivity contribution in [1.29, 1.82) is 0 Å². The fraction of sp³-hybridized carbons (Fsp3) is 0.0714. The Kier molecular flexibility index (Phi) is 4.56. The predicted octanol–water partition coefficient (Wildman–Crippen LogP) is 4.63. The lowest BCUT2D eigenvalue weighted by atomic mass is 10.2. The minimum atomic E-state index is -0.438. The van der Waals surface area contributed by atoms with Crippen molar-refractivity contribution >= 4 is 33.8 Å². The zero-order chi connectivity index (χ0) is 13.8. The first-order chi connectivity index (χ1) is 9.13. The maximum absolute atomic E-state index is 13.6. The van der Waals surface area contributed by atoms with E-state index in [0.717, 1.165) is 0 Å². The molecular formula is C14H9BrClFO2. The van der Waals surface area contributed by atoms with Crippen molar-refractivity contribution in [3.05, 3.63) is 62.8 Å². The van der Waals surface area contributed by atoms with Gasteiger partial charge in [-0.15, -0.1) is 0 Å². The van der Waals surface area contributed by atoms with E-state index in [0.29, 0.717) is 27.1 Å². The first-order valence-corrected chi connectivity index (χ1v) is 6.60. The van der Waals surface area contributed by atoms with E-state index in [9.17, 15) is 9.18 Å². The van der Waals surface area contributed by atoms with Gasteiger partial charge in [-0.1, -0.05) is 23.7 Å². The van der Waals surface area contributed by atoms with Crippen molar-refractivity contribution in [3.63, 3.8) is 0 Å². The van der Waals surface area contributed by atoms with Gasteiger partial charge in [-0.25, -0.2) is 4.39 Å². The summed E-state index contributed by atoms with van der Waals surface area (Å²) < 4.78 is 19.7. The molecule has 0 N–H and O–H groups in total. The minimum Gasteiger partial charge on any atom is -0.487 e. The molecule has 0 aliphatic heterocycles. The average molecular weight is 344 g/mol. The quantitative estimate of drug-likeness (QED) is 0.756. The van der Waals surface area contributed by atoms with Crippen molar-refractivity contribution in [1.82, 2.24) is 0 Å². The number of para-hydroxylation sites is 1. The average Bonchev–Trinajstić information content (AvgIpc) is 2.39. The van der Waals surface area contributed by atoms with Crippen LogP contribution in [0.4, 0.5) is 4.39 Å². The molecule has 0 fully saturated rings. The van der Waals surface area contributed by atoms with E-state index in [4.69, 9.17) is 16.3 Å². The minimum absolute atomic E-state index is 0.0467. The Labute approximate surface area is 123 Å². The largest absolute Gasteiger partial charge is 0.487 e.